The first-order chi connectivity index (χ1) is 9.31. The summed E-state index contributed by atoms with van der Waals surface area (Å²) >= 11 is 0. The fourth-order valence-electron chi connectivity index (χ4n) is 2.37. The molecular formula is C18H30O2. The molecule has 0 unspecified atom stereocenters. The molecule has 0 radical (unpaired) electrons. The number of ketones is 1. The quantitative estimate of drug-likeness (QED) is 0.439. The monoisotopic (exact) mass is 278 g/mol. The van der Waals surface area contributed by atoms with Crippen LogP contribution in [0.2, 0.25) is 0 Å². The van der Waals surface area contributed by atoms with E-state index in [9.17, 15) is 4.79 Å². The maximum absolute atomic E-state index is 10.9. The highest BCUT2D eigenvalue weighted by Crippen LogP contribution is 2.38. The molecule has 0 aromatic carbocycles. The summed E-state index contributed by atoms with van der Waals surface area (Å²) in [6.07, 6.45) is 11.0. The first-order valence-electron chi connectivity index (χ1n) is 7.80. The van der Waals surface area contributed by atoms with E-state index in [-0.39, 0.29) is 11.4 Å². The van der Waals surface area contributed by atoms with Crippen LogP contribution in [0.4, 0.5) is 0 Å². The first kappa shape index (κ1) is 17.2. The van der Waals surface area contributed by atoms with Crippen molar-refractivity contribution in [2.45, 2.75) is 84.8 Å². The summed E-state index contributed by atoms with van der Waals surface area (Å²) in [7, 11) is 0. The number of Topliss-reactive ketones (excluding diaryl/α,β-unsaturated/α-hetero) is 1. The largest absolute Gasteiger partial charge is 0.367 e. The Hall–Kier alpha value is -0.890. The van der Waals surface area contributed by atoms with Crippen molar-refractivity contribution in [3.8, 4) is 0 Å². The number of hydrogen-bond acceptors (Lipinski definition) is 2. The number of ether oxygens (including phenoxy) is 1. The van der Waals surface area contributed by atoms with Crippen LogP contribution in [-0.2, 0) is 9.53 Å². The van der Waals surface area contributed by atoms with Crippen molar-refractivity contribution in [2.75, 3.05) is 0 Å². The van der Waals surface area contributed by atoms with Crippen molar-refractivity contribution in [3.63, 3.8) is 0 Å². The fourth-order valence-corrected chi connectivity index (χ4v) is 2.37. The van der Waals surface area contributed by atoms with Crippen molar-refractivity contribution in [3.05, 3.63) is 23.3 Å². The zero-order chi connectivity index (χ0) is 15.2. The molecule has 1 saturated heterocycles. The Morgan fingerprint density at radius 2 is 1.50 bits per heavy atom. The van der Waals surface area contributed by atoms with Crippen LogP contribution in [0.15, 0.2) is 23.3 Å². The van der Waals surface area contributed by atoms with Gasteiger partial charge in [-0.1, -0.05) is 23.3 Å². The molecule has 1 rings (SSSR count). The summed E-state index contributed by atoms with van der Waals surface area (Å²) < 4.78 is 5.60. The lowest BCUT2D eigenvalue weighted by molar-refractivity contribution is -0.116. The first-order valence-corrected chi connectivity index (χ1v) is 7.80. The van der Waals surface area contributed by atoms with Crippen LogP contribution >= 0.6 is 0 Å². The highest BCUT2D eigenvalue weighted by Gasteiger charge is 2.46. The van der Waals surface area contributed by atoms with Crippen molar-refractivity contribution in [1.29, 1.82) is 0 Å². The minimum atomic E-state index is 0.121. The van der Waals surface area contributed by atoms with Crippen molar-refractivity contribution in [2.24, 2.45) is 0 Å². The normalized spacial score (nSPS) is 21.9. The van der Waals surface area contributed by atoms with Gasteiger partial charge < -0.3 is 9.53 Å². The predicted octanol–water partition coefficient (Wildman–Crippen LogP) is 4.99. The lowest BCUT2D eigenvalue weighted by atomic mass is 10.0. The Bertz CT molecular complexity index is 388. The molecule has 1 aliphatic rings. The summed E-state index contributed by atoms with van der Waals surface area (Å²) in [5, 5.41) is 0. The number of hydrogen-bond donors (Lipinski definition) is 0. The number of carbonyl (C=O) groups is 1. The van der Waals surface area contributed by atoms with Gasteiger partial charge in [0, 0.05) is 6.42 Å². The van der Waals surface area contributed by atoms with Gasteiger partial charge >= 0.3 is 0 Å². The lowest BCUT2D eigenvalue weighted by Crippen LogP contribution is -2.02. The molecule has 114 valence electrons. The summed E-state index contributed by atoms with van der Waals surface area (Å²) in [5.41, 5.74) is 2.98. The number of epoxide rings is 1. The molecule has 20 heavy (non-hydrogen) atoms. The standard InChI is InChI=1S/C18H30O2/c1-14(10-7-11-16(3)19)8-6-9-15(2)12-13-17-18(4,5)20-17/h9-10,17H,6-8,11-13H2,1-5H3/b14-10+,15-9+/t17-/m0/s1. The third-order valence-electron chi connectivity index (χ3n) is 3.99. The number of rotatable bonds is 9. The zero-order valence-corrected chi connectivity index (χ0v) is 13.8. The molecule has 1 fully saturated rings. The van der Waals surface area contributed by atoms with Gasteiger partial charge in [-0.05, 0) is 66.7 Å². The SMILES string of the molecule is CC(=O)CC/C=C(\C)CC/C=C(\C)CC[C@@H]1OC1(C)C. The maximum Gasteiger partial charge on any atom is 0.130 e. The molecule has 0 bridgehead atoms. The number of carbonyl (C=O) groups excluding carboxylic acids is 1. The molecule has 2 nitrogen and oxygen atoms in total. The van der Waals surface area contributed by atoms with Crippen LogP contribution in [0.3, 0.4) is 0 Å². The molecule has 0 amide bonds. The van der Waals surface area contributed by atoms with Crippen molar-refractivity contribution in [1.82, 2.24) is 0 Å². The molecular weight excluding hydrogens is 248 g/mol. The third kappa shape index (κ3) is 7.04. The summed E-state index contributed by atoms with van der Waals surface area (Å²) in [6, 6.07) is 0. The van der Waals surface area contributed by atoms with E-state index in [2.05, 4.69) is 39.8 Å². The Kier molecular flexibility index (Phi) is 6.67. The summed E-state index contributed by atoms with van der Waals surface area (Å²) in [6.45, 7) is 10.3. The van der Waals surface area contributed by atoms with Crippen molar-refractivity contribution >= 4 is 5.78 Å². The predicted molar refractivity (Wildman–Crippen MR) is 84.8 cm³/mol. The molecule has 1 heterocycles. The Morgan fingerprint density at radius 1 is 1.00 bits per heavy atom. The Balaban J connectivity index is 2.14. The lowest BCUT2D eigenvalue weighted by Gasteiger charge is -2.02. The molecule has 0 N–H and O–H groups in total. The molecule has 0 aliphatic carbocycles. The smallest absolute Gasteiger partial charge is 0.130 e. The average molecular weight is 278 g/mol. The van der Waals surface area contributed by atoms with Crippen LogP contribution in [-0.4, -0.2) is 17.5 Å². The second-order valence-electron chi connectivity index (χ2n) is 6.63. The minimum Gasteiger partial charge on any atom is -0.367 e. The van der Waals surface area contributed by atoms with E-state index in [1.807, 2.05) is 0 Å². The van der Waals surface area contributed by atoms with Gasteiger partial charge in [-0.25, -0.2) is 0 Å². The van der Waals surface area contributed by atoms with Gasteiger partial charge in [0.1, 0.15) is 5.78 Å². The highest BCUT2D eigenvalue weighted by molar-refractivity contribution is 5.75. The van der Waals surface area contributed by atoms with Gasteiger partial charge in [0.2, 0.25) is 0 Å². The zero-order valence-electron chi connectivity index (χ0n) is 13.8. The molecule has 0 saturated carbocycles. The van der Waals surface area contributed by atoms with E-state index in [0.29, 0.717) is 12.5 Å². The van der Waals surface area contributed by atoms with Crippen LogP contribution in [0.5, 0.6) is 0 Å². The van der Waals surface area contributed by atoms with E-state index in [4.69, 9.17) is 4.74 Å². The molecule has 1 aliphatic heterocycles. The average Bonchev–Trinajstić information content (AvgIpc) is 2.94. The molecule has 2 heteroatoms. The second-order valence-corrected chi connectivity index (χ2v) is 6.63. The van der Waals surface area contributed by atoms with E-state index in [0.717, 1.165) is 32.1 Å². The second kappa shape index (κ2) is 7.78. The van der Waals surface area contributed by atoms with Gasteiger partial charge in [-0.15, -0.1) is 0 Å². The van der Waals surface area contributed by atoms with Crippen LogP contribution < -0.4 is 0 Å². The molecule has 0 aromatic rings. The van der Waals surface area contributed by atoms with E-state index in [1.54, 1.807) is 6.92 Å². The van der Waals surface area contributed by atoms with Gasteiger partial charge in [-0.2, -0.15) is 0 Å². The Morgan fingerprint density at radius 3 is 2.00 bits per heavy atom. The molecule has 0 aromatic heterocycles. The van der Waals surface area contributed by atoms with E-state index < -0.39 is 0 Å². The van der Waals surface area contributed by atoms with E-state index >= 15 is 0 Å². The minimum absolute atomic E-state index is 0.121. The maximum atomic E-state index is 10.9. The van der Waals surface area contributed by atoms with Crippen LogP contribution in [0.1, 0.15) is 73.1 Å². The van der Waals surface area contributed by atoms with Gasteiger partial charge in [0.05, 0.1) is 11.7 Å². The van der Waals surface area contributed by atoms with Gasteiger partial charge in [0.25, 0.3) is 0 Å². The Labute approximate surface area is 124 Å². The van der Waals surface area contributed by atoms with Crippen LogP contribution in [0.25, 0.3) is 0 Å². The van der Waals surface area contributed by atoms with Gasteiger partial charge in [-0.3, -0.25) is 0 Å². The summed E-state index contributed by atoms with van der Waals surface area (Å²) in [4.78, 5) is 10.9. The topological polar surface area (TPSA) is 29.6 Å². The van der Waals surface area contributed by atoms with E-state index in [1.165, 1.54) is 11.1 Å². The fraction of sp³-hybridized carbons (Fsp3) is 0.722. The third-order valence-corrected chi connectivity index (χ3v) is 3.99. The number of allylic oxidation sites excluding steroid dienone is 4. The summed E-state index contributed by atoms with van der Waals surface area (Å²) in [5.74, 6) is 0.273. The van der Waals surface area contributed by atoms with Gasteiger partial charge in [0.15, 0.2) is 0 Å². The highest BCUT2D eigenvalue weighted by atomic mass is 16.6. The van der Waals surface area contributed by atoms with Crippen molar-refractivity contribution < 1.29 is 9.53 Å². The molecule has 1 atom stereocenters. The van der Waals surface area contributed by atoms with Crippen LogP contribution in [0, 0.1) is 0 Å². The molecule has 0 spiro atoms.